The van der Waals surface area contributed by atoms with Gasteiger partial charge in [-0.3, -0.25) is 0 Å². The van der Waals surface area contributed by atoms with Crippen LogP contribution in [-0.2, 0) is 13.0 Å². The minimum absolute atomic E-state index is 0.117. The van der Waals surface area contributed by atoms with Crippen molar-refractivity contribution >= 4 is 5.71 Å². The number of unbranched alkanes of at least 4 members (excludes halogenated alkanes) is 13. The normalized spacial score (nSPS) is 13.0. The van der Waals surface area contributed by atoms with Crippen LogP contribution in [0.2, 0.25) is 0 Å². The molecule has 0 saturated heterocycles. The SMILES string of the molecule is CCCCCCCCCCCC1=[N+](Cc2ccccc2F)CCc2c1ccc(OC)c2OCCCCCCCC. The molecule has 0 aliphatic carbocycles. The summed E-state index contributed by atoms with van der Waals surface area (Å²) in [6, 6.07) is 11.5. The van der Waals surface area contributed by atoms with Crippen LogP contribution in [0.4, 0.5) is 4.39 Å². The van der Waals surface area contributed by atoms with Crippen LogP contribution >= 0.6 is 0 Å². The topological polar surface area (TPSA) is 21.5 Å². The Morgan fingerprint density at radius 1 is 0.750 bits per heavy atom. The predicted molar refractivity (Wildman–Crippen MR) is 167 cm³/mol. The number of benzene rings is 2. The third-order valence-corrected chi connectivity index (χ3v) is 8.35. The van der Waals surface area contributed by atoms with E-state index in [1.54, 1.807) is 19.2 Å². The van der Waals surface area contributed by atoms with Crippen molar-refractivity contribution in [2.75, 3.05) is 20.3 Å². The Bertz CT molecular complexity index is 1030. The van der Waals surface area contributed by atoms with Crippen molar-refractivity contribution in [2.45, 2.75) is 130 Å². The van der Waals surface area contributed by atoms with Crippen LogP contribution in [0.15, 0.2) is 36.4 Å². The standard InChI is InChI=1S/C36H55FNO2/c1-4-6-8-10-12-13-14-15-17-23-34-31-24-25-35(39-3)36(40-28-20-16-11-9-7-5-2)32(31)26-27-38(34)29-30-21-18-19-22-33(30)37/h18-19,21-22,24-25H,4-17,20,23,26-29H2,1-3H3/q+1. The van der Waals surface area contributed by atoms with Crippen molar-refractivity contribution in [1.82, 2.24) is 0 Å². The maximum absolute atomic E-state index is 14.6. The fraction of sp³-hybridized carbons (Fsp3) is 0.639. The number of methoxy groups -OCH3 is 1. The second-order valence-electron chi connectivity index (χ2n) is 11.5. The summed E-state index contributed by atoms with van der Waals surface area (Å²) in [6.07, 6.45) is 21.2. The van der Waals surface area contributed by atoms with Crippen LogP contribution in [0.3, 0.4) is 0 Å². The highest BCUT2D eigenvalue weighted by Gasteiger charge is 2.30. The highest BCUT2D eigenvalue weighted by molar-refractivity contribution is 5.99. The Hall–Kier alpha value is -2.36. The molecular formula is C36H55FNO2+. The largest absolute Gasteiger partial charge is 0.493 e. The van der Waals surface area contributed by atoms with E-state index in [1.165, 1.54) is 100 Å². The Kier molecular flexibility index (Phi) is 15.2. The molecule has 1 heterocycles. The molecule has 1 aliphatic rings. The lowest BCUT2D eigenvalue weighted by Gasteiger charge is -2.23. The molecule has 2 aromatic carbocycles. The maximum atomic E-state index is 14.6. The van der Waals surface area contributed by atoms with Gasteiger partial charge in [-0.05, 0) is 37.1 Å². The Morgan fingerprint density at radius 2 is 1.38 bits per heavy atom. The van der Waals surface area contributed by atoms with E-state index < -0.39 is 0 Å². The molecule has 3 nitrogen and oxygen atoms in total. The third kappa shape index (κ3) is 10.2. The molecule has 222 valence electrons. The third-order valence-electron chi connectivity index (χ3n) is 8.35. The second kappa shape index (κ2) is 18.9. The summed E-state index contributed by atoms with van der Waals surface area (Å²) in [5.74, 6) is 1.63. The van der Waals surface area contributed by atoms with Crippen LogP contribution in [0, 0.1) is 5.82 Å². The zero-order chi connectivity index (χ0) is 28.4. The molecule has 3 rings (SSSR count). The highest BCUT2D eigenvalue weighted by Crippen LogP contribution is 2.37. The zero-order valence-electron chi connectivity index (χ0n) is 25.7. The molecule has 0 spiro atoms. The molecule has 4 heteroatoms. The monoisotopic (exact) mass is 552 g/mol. The predicted octanol–water partition coefficient (Wildman–Crippen LogP) is 10.1. The van der Waals surface area contributed by atoms with E-state index in [0.717, 1.165) is 55.9 Å². The lowest BCUT2D eigenvalue weighted by molar-refractivity contribution is -0.546. The fourth-order valence-corrected chi connectivity index (χ4v) is 5.96. The van der Waals surface area contributed by atoms with Crippen LogP contribution in [0.5, 0.6) is 11.5 Å². The van der Waals surface area contributed by atoms with Crippen molar-refractivity contribution in [3.05, 3.63) is 58.9 Å². The summed E-state index contributed by atoms with van der Waals surface area (Å²) < 4.78 is 29.2. The summed E-state index contributed by atoms with van der Waals surface area (Å²) in [7, 11) is 1.74. The van der Waals surface area contributed by atoms with Gasteiger partial charge in [0, 0.05) is 24.0 Å². The average Bonchev–Trinajstić information content (AvgIpc) is 2.97. The van der Waals surface area contributed by atoms with Crippen molar-refractivity contribution < 1.29 is 18.4 Å². The Labute approximate surface area is 244 Å². The molecule has 0 saturated carbocycles. The fourth-order valence-electron chi connectivity index (χ4n) is 5.96. The van der Waals surface area contributed by atoms with E-state index in [1.807, 2.05) is 12.1 Å². The lowest BCUT2D eigenvalue weighted by Crippen LogP contribution is -2.30. The van der Waals surface area contributed by atoms with Gasteiger partial charge in [0.25, 0.3) is 0 Å². The first-order chi connectivity index (χ1) is 19.7. The van der Waals surface area contributed by atoms with Gasteiger partial charge in [0.05, 0.1) is 19.3 Å². The van der Waals surface area contributed by atoms with Crippen molar-refractivity contribution in [1.29, 1.82) is 0 Å². The van der Waals surface area contributed by atoms with Gasteiger partial charge < -0.3 is 9.47 Å². The first-order valence-corrected chi connectivity index (χ1v) is 16.4. The molecule has 0 fully saturated rings. The Morgan fingerprint density at radius 3 is 2.02 bits per heavy atom. The minimum atomic E-state index is -0.117. The first kappa shape index (κ1) is 32.2. The molecule has 0 unspecified atom stereocenters. The van der Waals surface area contributed by atoms with Crippen molar-refractivity contribution in [2.24, 2.45) is 0 Å². The molecule has 2 aromatic rings. The van der Waals surface area contributed by atoms with Crippen molar-refractivity contribution in [3.63, 3.8) is 0 Å². The summed E-state index contributed by atoms with van der Waals surface area (Å²) in [4.78, 5) is 0. The molecule has 1 aliphatic heterocycles. The van der Waals surface area contributed by atoms with Crippen LogP contribution < -0.4 is 9.47 Å². The molecule has 0 atom stereocenters. The van der Waals surface area contributed by atoms with Gasteiger partial charge in [-0.15, -0.1) is 0 Å². The van der Waals surface area contributed by atoms with Crippen LogP contribution in [-0.4, -0.2) is 30.5 Å². The molecule has 0 aromatic heterocycles. The van der Waals surface area contributed by atoms with Crippen LogP contribution in [0.1, 0.15) is 133 Å². The van der Waals surface area contributed by atoms with E-state index in [-0.39, 0.29) is 5.82 Å². The van der Waals surface area contributed by atoms with Crippen LogP contribution in [0.25, 0.3) is 0 Å². The van der Waals surface area contributed by atoms with Gasteiger partial charge in [-0.1, -0.05) is 109 Å². The maximum Gasteiger partial charge on any atom is 0.184 e. The number of halogens is 1. The molecule has 40 heavy (non-hydrogen) atoms. The lowest BCUT2D eigenvalue weighted by atomic mass is 9.91. The number of hydrogen-bond acceptors (Lipinski definition) is 2. The number of nitrogens with zero attached hydrogens (tertiary/aromatic N) is 1. The highest BCUT2D eigenvalue weighted by atomic mass is 19.1. The molecule has 0 N–H and O–H groups in total. The second-order valence-corrected chi connectivity index (χ2v) is 11.5. The quantitative estimate of drug-likeness (QED) is 0.113. The number of rotatable bonds is 21. The minimum Gasteiger partial charge on any atom is -0.493 e. The smallest absolute Gasteiger partial charge is 0.184 e. The van der Waals surface area contributed by atoms with E-state index in [0.29, 0.717) is 6.54 Å². The summed E-state index contributed by atoms with van der Waals surface area (Å²) in [6.45, 7) is 6.74. The van der Waals surface area contributed by atoms with Gasteiger partial charge in [0.2, 0.25) is 0 Å². The first-order valence-electron chi connectivity index (χ1n) is 16.4. The molecule has 0 bridgehead atoms. The number of fused-ring (bicyclic) bond motifs is 1. The van der Waals surface area contributed by atoms with E-state index in [4.69, 9.17) is 9.47 Å². The zero-order valence-corrected chi connectivity index (χ0v) is 25.7. The van der Waals surface area contributed by atoms with Gasteiger partial charge in [-0.2, -0.15) is 0 Å². The summed E-state index contributed by atoms with van der Waals surface area (Å²) >= 11 is 0. The van der Waals surface area contributed by atoms with Gasteiger partial charge in [0.1, 0.15) is 12.4 Å². The van der Waals surface area contributed by atoms with Gasteiger partial charge in [0.15, 0.2) is 23.8 Å². The number of hydrogen-bond donors (Lipinski definition) is 0. The van der Waals surface area contributed by atoms with E-state index in [2.05, 4.69) is 30.6 Å². The van der Waals surface area contributed by atoms with Gasteiger partial charge >= 0.3 is 0 Å². The summed E-state index contributed by atoms with van der Waals surface area (Å²) in [5.41, 5.74) is 4.63. The van der Waals surface area contributed by atoms with E-state index in [9.17, 15) is 4.39 Å². The van der Waals surface area contributed by atoms with E-state index >= 15 is 0 Å². The number of ether oxygens (including phenoxy) is 2. The van der Waals surface area contributed by atoms with Crippen molar-refractivity contribution in [3.8, 4) is 11.5 Å². The van der Waals surface area contributed by atoms with Gasteiger partial charge in [-0.25, -0.2) is 8.97 Å². The molecular weight excluding hydrogens is 497 g/mol. The summed E-state index contributed by atoms with van der Waals surface area (Å²) in [5, 5.41) is 0. The average molecular weight is 553 g/mol. The Balaban J connectivity index is 1.72. The molecule has 0 amide bonds. The molecule has 0 radical (unpaired) electrons.